The molecule has 7 nitrogen and oxygen atoms in total. The predicted octanol–water partition coefficient (Wildman–Crippen LogP) is 3.49. The molecule has 0 fully saturated rings. The highest BCUT2D eigenvalue weighted by molar-refractivity contribution is 5.90. The van der Waals surface area contributed by atoms with Gasteiger partial charge in [-0.1, -0.05) is 42.5 Å². The van der Waals surface area contributed by atoms with Gasteiger partial charge in [-0.15, -0.1) is 0 Å². The first kappa shape index (κ1) is 20.0. The number of hydrogen-bond acceptors (Lipinski definition) is 5. The maximum Gasteiger partial charge on any atom is 0.268 e. The summed E-state index contributed by atoms with van der Waals surface area (Å²) < 4.78 is 19.2. The Balaban J connectivity index is 1.50. The first-order chi connectivity index (χ1) is 14.6. The topological polar surface area (TPSA) is 88.6 Å². The van der Waals surface area contributed by atoms with Gasteiger partial charge in [-0.2, -0.15) is 0 Å². The van der Waals surface area contributed by atoms with Gasteiger partial charge in [0.05, 0.1) is 25.1 Å². The van der Waals surface area contributed by atoms with Gasteiger partial charge in [-0.3, -0.25) is 4.79 Å². The number of benzene rings is 2. The fourth-order valence-corrected chi connectivity index (χ4v) is 3.68. The minimum absolute atomic E-state index is 0.0347. The Bertz CT molecular complexity index is 1000. The van der Waals surface area contributed by atoms with Crippen LogP contribution < -0.4 is 15.2 Å². The second kappa shape index (κ2) is 9.00. The molecule has 4 rings (SSSR count). The summed E-state index contributed by atoms with van der Waals surface area (Å²) in [6.45, 7) is 2.79. The van der Waals surface area contributed by atoms with Gasteiger partial charge >= 0.3 is 0 Å². The van der Waals surface area contributed by atoms with Crippen LogP contribution in [-0.2, 0) is 17.8 Å². The third-order valence-electron chi connectivity index (χ3n) is 5.32. The molecular formula is C23H25N3O4. The van der Waals surface area contributed by atoms with Crippen LogP contribution in [0.1, 0.15) is 41.0 Å². The van der Waals surface area contributed by atoms with E-state index >= 15 is 0 Å². The SMILES string of the molecule is C[C@H](OCc1ccccc1)[C@@H](CCc1cccc2c1OCO2)n1cnc(C(N)=O)c1. The summed E-state index contributed by atoms with van der Waals surface area (Å²) in [6, 6.07) is 15.9. The summed E-state index contributed by atoms with van der Waals surface area (Å²) >= 11 is 0. The largest absolute Gasteiger partial charge is 0.454 e. The van der Waals surface area contributed by atoms with Gasteiger partial charge in [0.2, 0.25) is 6.79 Å². The number of primary amides is 1. The number of rotatable bonds is 9. The number of nitrogens with two attached hydrogens (primary N) is 1. The van der Waals surface area contributed by atoms with Gasteiger partial charge in [-0.25, -0.2) is 4.98 Å². The van der Waals surface area contributed by atoms with Crippen molar-refractivity contribution >= 4 is 5.91 Å². The molecule has 2 aromatic carbocycles. The molecule has 2 atom stereocenters. The molecule has 0 radical (unpaired) electrons. The first-order valence-corrected chi connectivity index (χ1v) is 9.98. The summed E-state index contributed by atoms with van der Waals surface area (Å²) in [5.74, 6) is 1.03. The summed E-state index contributed by atoms with van der Waals surface area (Å²) in [6.07, 6.45) is 4.74. The molecule has 1 aliphatic rings. The summed E-state index contributed by atoms with van der Waals surface area (Å²) in [5.41, 5.74) is 7.82. The Morgan fingerprint density at radius 1 is 1.20 bits per heavy atom. The van der Waals surface area contributed by atoms with Crippen molar-refractivity contribution in [2.45, 2.75) is 38.5 Å². The van der Waals surface area contributed by atoms with Crippen molar-refractivity contribution in [3.05, 3.63) is 77.9 Å². The minimum Gasteiger partial charge on any atom is -0.454 e. The van der Waals surface area contributed by atoms with Crippen molar-refractivity contribution in [1.29, 1.82) is 0 Å². The van der Waals surface area contributed by atoms with Gasteiger partial charge in [0, 0.05) is 6.20 Å². The van der Waals surface area contributed by atoms with E-state index in [1.54, 1.807) is 12.5 Å². The van der Waals surface area contributed by atoms with E-state index in [-0.39, 0.29) is 24.6 Å². The summed E-state index contributed by atoms with van der Waals surface area (Å²) in [5, 5.41) is 0. The van der Waals surface area contributed by atoms with Crippen LogP contribution in [0.3, 0.4) is 0 Å². The summed E-state index contributed by atoms with van der Waals surface area (Å²) in [7, 11) is 0. The summed E-state index contributed by atoms with van der Waals surface area (Å²) in [4.78, 5) is 15.6. The molecule has 2 heterocycles. The maximum absolute atomic E-state index is 11.5. The smallest absolute Gasteiger partial charge is 0.268 e. The van der Waals surface area contributed by atoms with E-state index in [9.17, 15) is 4.79 Å². The van der Waals surface area contributed by atoms with Gasteiger partial charge in [-0.05, 0) is 37.0 Å². The highest BCUT2D eigenvalue weighted by Gasteiger charge is 2.23. The lowest BCUT2D eigenvalue weighted by atomic mass is 10.0. The fourth-order valence-electron chi connectivity index (χ4n) is 3.68. The highest BCUT2D eigenvalue weighted by atomic mass is 16.7. The number of aryl methyl sites for hydroxylation is 1. The van der Waals surface area contributed by atoms with Crippen LogP contribution >= 0.6 is 0 Å². The molecule has 1 aromatic heterocycles. The maximum atomic E-state index is 11.5. The molecular weight excluding hydrogens is 382 g/mol. The van der Waals surface area contributed by atoms with Crippen LogP contribution in [0.2, 0.25) is 0 Å². The van der Waals surface area contributed by atoms with E-state index < -0.39 is 5.91 Å². The molecule has 30 heavy (non-hydrogen) atoms. The van der Waals surface area contributed by atoms with E-state index in [2.05, 4.69) is 4.98 Å². The van der Waals surface area contributed by atoms with Crippen LogP contribution in [0.4, 0.5) is 0 Å². The molecule has 0 unspecified atom stereocenters. The number of hydrogen-bond donors (Lipinski definition) is 1. The number of imidazole rings is 1. The van der Waals surface area contributed by atoms with Crippen molar-refractivity contribution in [2.24, 2.45) is 5.73 Å². The lowest BCUT2D eigenvalue weighted by Gasteiger charge is -2.26. The monoisotopic (exact) mass is 407 g/mol. The first-order valence-electron chi connectivity index (χ1n) is 9.98. The van der Waals surface area contributed by atoms with Crippen LogP contribution in [0, 0.1) is 0 Å². The van der Waals surface area contributed by atoms with Crippen LogP contribution in [-0.4, -0.2) is 28.4 Å². The highest BCUT2D eigenvalue weighted by Crippen LogP contribution is 2.37. The van der Waals surface area contributed by atoms with Gasteiger partial charge in [0.25, 0.3) is 5.91 Å². The lowest BCUT2D eigenvalue weighted by molar-refractivity contribution is 0.0148. The predicted molar refractivity (Wildman–Crippen MR) is 111 cm³/mol. The Morgan fingerprint density at radius 3 is 2.80 bits per heavy atom. The molecule has 1 aliphatic heterocycles. The van der Waals surface area contributed by atoms with Gasteiger partial charge < -0.3 is 24.5 Å². The molecule has 7 heteroatoms. The van der Waals surface area contributed by atoms with Crippen molar-refractivity contribution in [3.63, 3.8) is 0 Å². The fraction of sp³-hybridized carbons (Fsp3) is 0.304. The number of ether oxygens (including phenoxy) is 3. The number of carbonyl (C=O) groups excluding carboxylic acids is 1. The zero-order valence-corrected chi connectivity index (χ0v) is 16.9. The number of fused-ring (bicyclic) bond motifs is 1. The van der Waals surface area contributed by atoms with Gasteiger partial charge in [0.1, 0.15) is 5.69 Å². The molecule has 3 aromatic rings. The Hall–Kier alpha value is -3.32. The molecule has 0 aliphatic carbocycles. The number of amides is 1. The van der Waals surface area contributed by atoms with E-state index in [4.69, 9.17) is 19.9 Å². The number of nitrogens with zero attached hydrogens (tertiary/aromatic N) is 2. The third kappa shape index (κ3) is 4.46. The molecule has 156 valence electrons. The quantitative estimate of drug-likeness (QED) is 0.587. The van der Waals surface area contributed by atoms with Crippen LogP contribution in [0.5, 0.6) is 11.5 Å². The molecule has 0 saturated heterocycles. The lowest BCUT2D eigenvalue weighted by Crippen LogP contribution is -2.24. The minimum atomic E-state index is -0.545. The Morgan fingerprint density at radius 2 is 2.03 bits per heavy atom. The van der Waals surface area contributed by atoms with Crippen molar-refractivity contribution in [1.82, 2.24) is 9.55 Å². The third-order valence-corrected chi connectivity index (χ3v) is 5.32. The number of aromatic nitrogens is 2. The van der Waals surface area contributed by atoms with E-state index in [0.29, 0.717) is 6.61 Å². The molecule has 0 bridgehead atoms. The Kier molecular flexibility index (Phi) is 5.99. The van der Waals surface area contributed by atoms with Gasteiger partial charge in [0.15, 0.2) is 11.5 Å². The van der Waals surface area contributed by atoms with Crippen molar-refractivity contribution in [2.75, 3.05) is 6.79 Å². The molecule has 0 spiro atoms. The number of para-hydroxylation sites is 1. The van der Waals surface area contributed by atoms with E-state index in [1.807, 2.05) is 60.0 Å². The molecule has 2 N–H and O–H groups in total. The second-order valence-electron chi connectivity index (χ2n) is 7.33. The standard InChI is InChI=1S/C23H25N3O4/c1-16(28-13-17-6-3-2-4-7-17)20(26-12-19(23(24)27)25-14-26)11-10-18-8-5-9-21-22(18)30-15-29-21/h2-9,12,14,16,20H,10-11,13,15H2,1H3,(H2,24,27)/t16-,20+/m0/s1. The normalized spacial score (nSPS) is 14.4. The van der Waals surface area contributed by atoms with Crippen LogP contribution in [0.25, 0.3) is 0 Å². The van der Waals surface area contributed by atoms with Crippen molar-refractivity contribution < 1.29 is 19.0 Å². The van der Waals surface area contributed by atoms with E-state index in [0.717, 1.165) is 35.5 Å². The second-order valence-corrected chi connectivity index (χ2v) is 7.33. The zero-order chi connectivity index (χ0) is 20.9. The van der Waals surface area contributed by atoms with Crippen LogP contribution in [0.15, 0.2) is 61.1 Å². The average molecular weight is 407 g/mol. The average Bonchev–Trinajstić information content (AvgIpc) is 3.43. The molecule has 0 saturated carbocycles. The molecule has 1 amide bonds. The number of carbonyl (C=O) groups is 1. The zero-order valence-electron chi connectivity index (χ0n) is 16.9. The van der Waals surface area contributed by atoms with Crippen molar-refractivity contribution in [3.8, 4) is 11.5 Å². The van der Waals surface area contributed by atoms with E-state index in [1.165, 1.54) is 0 Å². The Labute approximate surface area is 175 Å².